The van der Waals surface area contributed by atoms with Gasteiger partial charge >= 0.3 is 11.9 Å². The van der Waals surface area contributed by atoms with Gasteiger partial charge in [0.15, 0.2) is 0 Å². The Labute approximate surface area is 77.8 Å². The van der Waals surface area contributed by atoms with Crippen LogP contribution in [0.1, 0.15) is 39.0 Å². The molecule has 0 bridgehead atoms. The first-order valence-electron chi connectivity index (χ1n) is 4.68. The number of ether oxygens (including phenoxy) is 1. The van der Waals surface area contributed by atoms with Crippen LogP contribution < -0.4 is 0 Å². The topological polar surface area (TPSA) is 43.4 Å². The molecule has 0 aromatic heterocycles. The summed E-state index contributed by atoms with van der Waals surface area (Å²) in [6.45, 7) is 1.67. The summed E-state index contributed by atoms with van der Waals surface area (Å²) in [4.78, 5) is 22.1. The molecule has 0 amide bonds. The van der Waals surface area contributed by atoms with Crippen LogP contribution in [0.4, 0.5) is 0 Å². The number of carbonyl (C=O) groups is 2. The maximum atomic E-state index is 11.3. The summed E-state index contributed by atoms with van der Waals surface area (Å²) in [5.74, 6) is -0.900. The molecule has 0 atom stereocenters. The molecule has 13 heavy (non-hydrogen) atoms. The molecule has 0 aromatic rings. The molecular formula is C10H14O3. The summed E-state index contributed by atoms with van der Waals surface area (Å²) in [6, 6.07) is 0. The fourth-order valence-corrected chi connectivity index (χ4v) is 1.26. The first kappa shape index (κ1) is 9.96. The standard InChI is InChI=1S/C10H14O3/c1-2-9(11)13-10(12)8-6-4-3-5-7-8/h6H,2-5,7H2,1H3. The van der Waals surface area contributed by atoms with E-state index in [1.807, 2.05) is 6.08 Å². The van der Waals surface area contributed by atoms with E-state index in [-0.39, 0.29) is 6.42 Å². The van der Waals surface area contributed by atoms with E-state index in [4.69, 9.17) is 0 Å². The summed E-state index contributed by atoms with van der Waals surface area (Å²) in [6.07, 6.45) is 5.92. The van der Waals surface area contributed by atoms with Crippen molar-refractivity contribution in [3.8, 4) is 0 Å². The van der Waals surface area contributed by atoms with Gasteiger partial charge in [-0.3, -0.25) is 4.79 Å². The molecule has 1 aliphatic rings. The predicted molar refractivity (Wildman–Crippen MR) is 47.9 cm³/mol. The molecule has 0 heterocycles. The molecule has 0 fully saturated rings. The molecule has 0 saturated heterocycles. The second-order valence-corrected chi connectivity index (χ2v) is 3.09. The normalized spacial score (nSPS) is 16.2. The SMILES string of the molecule is CCC(=O)OC(=O)C1=CCCCC1. The van der Waals surface area contributed by atoms with Crippen LogP contribution in [-0.2, 0) is 14.3 Å². The van der Waals surface area contributed by atoms with Crippen molar-refractivity contribution in [3.05, 3.63) is 11.6 Å². The van der Waals surface area contributed by atoms with Crippen molar-refractivity contribution < 1.29 is 14.3 Å². The fraction of sp³-hybridized carbons (Fsp3) is 0.600. The number of hydrogen-bond donors (Lipinski definition) is 0. The second-order valence-electron chi connectivity index (χ2n) is 3.09. The van der Waals surface area contributed by atoms with E-state index >= 15 is 0 Å². The summed E-state index contributed by atoms with van der Waals surface area (Å²) in [5, 5.41) is 0. The smallest absolute Gasteiger partial charge is 0.341 e. The molecule has 1 rings (SSSR count). The van der Waals surface area contributed by atoms with Crippen LogP contribution in [0.15, 0.2) is 11.6 Å². The van der Waals surface area contributed by atoms with Crippen LogP contribution in [0.5, 0.6) is 0 Å². The van der Waals surface area contributed by atoms with E-state index in [0.29, 0.717) is 5.57 Å². The summed E-state index contributed by atoms with van der Waals surface area (Å²) < 4.78 is 4.59. The van der Waals surface area contributed by atoms with Crippen LogP contribution in [0.3, 0.4) is 0 Å². The van der Waals surface area contributed by atoms with Gasteiger partial charge < -0.3 is 4.74 Å². The van der Waals surface area contributed by atoms with Gasteiger partial charge in [-0.05, 0) is 25.7 Å². The van der Waals surface area contributed by atoms with Crippen molar-refractivity contribution in [1.82, 2.24) is 0 Å². The third-order valence-electron chi connectivity index (χ3n) is 2.05. The van der Waals surface area contributed by atoms with E-state index in [1.54, 1.807) is 6.92 Å². The molecule has 3 nitrogen and oxygen atoms in total. The zero-order valence-corrected chi connectivity index (χ0v) is 7.84. The Morgan fingerprint density at radius 1 is 1.46 bits per heavy atom. The van der Waals surface area contributed by atoms with Gasteiger partial charge in [0.1, 0.15) is 0 Å². The van der Waals surface area contributed by atoms with Gasteiger partial charge in [-0.15, -0.1) is 0 Å². The van der Waals surface area contributed by atoms with Crippen LogP contribution in [-0.4, -0.2) is 11.9 Å². The molecular weight excluding hydrogens is 168 g/mol. The summed E-state index contributed by atoms with van der Waals surface area (Å²) in [5.41, 5.74) is 0.660. The Balaban J connectivity index is 2.47. The van der Waals surface area contributed by atoms with Crippen molar-refractivity contribution in [2.75, 3.05) is 0 Å². The maximum absolute atomic E-state index is 11.3. The lowest BCUT2D eigenvalue weighted by Crippen LogP contribution is -2.14. The van der Waals surface area contributed by atoms with Gasteiger partial charge in [-0.2, -0.15) is 0 Å². The van der Waals surface area contributed by atoms with Gasteiger partial charge in [-0.25, -0.2) is 4.79 Å². The number of rotatable bonds is 2. The van der Waals surface area contributed by atoms with Crippen LogP contribution in [0.25, 0.3) is 0 Å². The van der Waals surface area contributed by atoms with E-state index in [0.717, 1.165) is 25.7 Å². The van der Waals surface area contributed by atoms with Crippen LogP contribution in [0.2, 0.25) is 0 Å². The van der Waals surface area contributed by atoms with Crippen molar-refractivity contribution in [2.45, 2.75) is 39.0 Å². The molecule has 3 heteroatoms. The van der Waals surface area contributed by atoms with Gasteiger partial charge in [0.2, 0.25) is 0 Å². The lowest BCUT2D eigenvalue weighted by molar-refractivity contribution is -0.156. The minimum absolute atomic E-state index is 0.249. The molecule has 0 radical (unpaired) electrons. The Kier molecular flexibility index (Phi) is 3.68. The molecule has 0 aromatic carbocycles. The van der Waals surface area contributed by atoms with E-state index in [2.05, 4.69) is 4.74 Å². The lowest BCUT2D eigenvalue weighted by Gasteiger charge is -2.10. The van der Waals surface area contributed by atoms with Crippen molar-refractivity contribution in [1.29, 1.82) is 0 Å². The van der Waals surface area contributed by atoms with E-state index in [9.17, 15) is 9.59 Å². The first-order valence-corrected chi connectivity index (χ1v) is 4.68. The van der Waals surface area contributed by atoms with Gasteiger partial charge in [0, 0.05) is 12.0 Å². The highest BCUT2D eigenvalue weighted by atomic mass is 16.6. The third-order valence-corrected chi connectivity index (χ3v) is 2.05. The van der Waals surface area contributed by atoms with Gasteiger partial charge in [-0.1, -0.05) is 13.0 Å². The highest BCUT2D eigenvalue weighted by Gasteiger charge is 2.15. The van der Waals surface area contributed by atoms with Crippen molar-refractivity contribution >= 4 is 11.9 Å². The molecule has 0 unspecified atom stereocenters. The van der Waals surface area contributed by atoms with E-state index < -0.39 is 11.9 Å². The highest BCUT2D eigenvalue weighted by Crippen LogP contribution is 2.18. The number of hydrogen-bond acceptors (Lipinski definition) is 3. The minimum Gasteiger partial charge on any atom is -0.390 e. The van der Waals surface area contributed by atoms with Crippen molar-refractivity contribution in [3.63, 3.8) is 0 Å². The largest absolute Gasteiger partial charge is 0.390 e. The fourth-order valence-electron chi connectivity index (χ4n) is 1.26. The summed E-state index contributed by atoms with van der Waals surface area (Å²) in [7, 11) is 0. The number of esters is 2. The van der Waals surface area contributed by atoms with Gasteiger partial charge in [0.05, 0.1) is 0 Å². The zero-order valence-electron chi connectivity index (χ0n) is 7.84. The minimum atomic E-state index is -0.452. The quantitative estimate of drug-likeness (QED) is 0.484. The number of allylic oxidation sites excluding steroid dienone is 1. The van der Waals surface area contributed by atoms with Gasteiger partial charge in [0.25, 0.3) is 0 Å². The van der Waals surface area contributed by atoms with E-state index in [1.165, 1.54) is 0 Å². The zero-order chi connectivity index (χ0) is 9.68. The molecule has 72 valence electrons. The molecule has 0 aliphatic heterocycles. The van der Waals surface area contributed by atoms with Crippen LogP contribution >= 0.6 is 0 Å². The molecule has 0 spiro atoms. The maximum Gasteiger partial charge on any atom is 0.341 e. The Hall–Kier alpha value is -1.12. The predicted octanol–water partition coefficient (Wildman–Crippen LogP) is 1.97. The Bertz CT molecular complexity index is 241. The van der Waals surface area contributed by atoms with Crippen LogP contribution in [0, 0.1) is 0 Å². The summed E-state index contributed by atoms with van der Waals surface area (Å²) >= 11 is 0. The Morgan fingerprint density at radius 3 is 2.77 bits per heavy atom. The highest BCUT2D eigenvalue weighted by molar-refractivity contribution is 5.96. The molecule has 0 saturated carbocycles. The monoisotopic (exact) mass is 182 g/mol. The average molecular weight is 182 g/mol. The third kappa shape index (κ3) is 3.01. The molecule has 1 aliphatic carbocycles. The number of carbonyl (C=O) groups excluding carboxylic acids is 2. The second kappa shape index (κ2) is 4.80. The average Bonchev–Trinajstić information content (AvgIpc) is 2.19. The Morgan fingerprint density at radius 2 is 2.23 bits per heavy atom. The molecule has 0 N–H and O–H groups in total. The lowest BCUT2D eigenvalue weighted by atomic mass is 10.00. The van der Waals surface area contributed by atoms with Crippen molar-refractivity contribution in [2.24, 2.45) is 0 Å². The first-order chi connectivity index (χ1) is 6.24.